The lowest BCUT2D eigenvalue weighted by atomic mass is 13.8. The molecule has 0 saturated carbocycles. The van der Waals surface area contributed by atoms with Crippen LogP contribution in [-0.2, 0) is 0 Å². The van der Waals surface area contributed by atoms with Crippen LogP contribution in [0.15, 0.2) is 0 Å². The normalized spacial score (nSPS) is 9.60. The third kappa shape index (κ3) is 4.90. The van der Waals surface area contributed by atoms with Gasteiger partial charge in [0.15, 0.2) is 0 Å². The Kier molecular flexibility index (Phi) is 3.66. The molecule has 0 bridgehead atoms. The molecule has 8 radical (unpaired) electrons. The van der Waals surface area contributed by atoms with Crippen molar-refractivity contribution >= 4 is 40.9 Å². The van der Waals surface area contributed by atoms with Gasteiger partial charge in [0.1, 0.15) is 20.8 Å². The van der Waals surface area contributed by atoms with Crippen LogP contribution in [0.3, 0.4) is 0 Å². The third-order valence-corrected chi connectivity index (χ3v) is 2.28. The Bertz CT molecular complexity index is 20.9. The largest absolute Gasteiger partial charge is 0.364 e. The molecule has 24 valence electrons. The molecule has 0 atom stereocenters. The quantitative estimate of drug-likeness (QED) is 0.336. The number of nitrogens with zero attached hydrogens (tertiary/aromatic N) is 1. The molecule has 0 saturated heterocycles. The van der Waals surface area contributed by atoms with Crippen molar-refractivity contribution in [2.75, 3.05) is 0 Å². The first kappa shape index (κ1) is 5.90. The van der Waals surface area contributed by atoms with Gasteiger partial charge < -0.3 is 3.90 Å². The Hall–Kier alpha value is 0.901. The van der Waals surface area contributed by atoms with Gasteiger partial charge in [0.05, 0.1) is 0 Å². The summed E-state index contributed by atoms with van der Waals surface area (Å²) in [6.07, 6.45) is 0. The Morgan fingerprint density at radius 1 is 1.60 bits per heavy atom. The minimum Gasteiger partial charge on any atom is -0.364 e. The van der Waals surface area contributed by atoms with Gasteiger partial charge in [0.25, 0.3) is 8.99 Å². The van der Waals surface area contributed by atoms with Gasteiger partial charge in [-0.1, -0.05) is 0 Å². The summed E-state index contributed by atoms with van der Waals surface area (Å²) in [7, 11) is 6.33. The van der Waals surface area contributed by atoms with Crippen LogP contribution >= 0.6 is 11.1 Å². The van der Waals surface area contributed by atoms with E-state index in [1.165, 1.54) is 3.90 Å². The number of hydrogen-bond acceptors (Lipinski definition) is 1. The SMILES string of the molecule is [Si]N([Si])[Si]Cl. The van der Waals surface area contributed by atoms with Crippen LogP contribution in [0.4, 0.5) is 0 Å². The maximum Gasteiger partial charge on any atom is 0.258 e. The van der Waals surface area contributed by atoms with Gasteiger partial charge in [-0.15, -0.1) is 11.1 Å². The van der Waals surface area contributed by atoms with E-state index in [9.17, 15) is 0 Å². The molecular formula is ClNSi3. The van der Waals surface area contributed by atoms with Crippen LogP contribution in [0.1, 0.15) is 0 Å². The van der Waals surface area contributed by atoms with Gasteiger partial charge in [-0.3, -0.25) is 0 Å². The second kappa shape index (κ2) is 3.10. The summed E-state index contributed by atoms with van der Waals surface area (Å²) in [5, 5.41) is 0. The number of hydrogen-bond donors (Lipinski definition) is 0. The average molecular weight is 134 g/mol. The van der Waals surface area contributed by atoms with Crippen molar-refractivity contribution in [3.63, 3.8) is 0 Å². The van der Waals surface area contributed by atoms with Crippen molar-refractivity contribution in [3.05, 3.63) is 0 Å². The van der Waals surface area contributed by atoms with Gasteiger partial charge in [0, 0.05) is 0 Å². The molecular weight excluding hydrogens is 134 g/mol. The molecule has 0 amide bonds. The molecule has 0 aliphatic carbocycles. The summed E-state index contributed by atoms with van der Waals surface area (Å²) in [4.78, 5) is 0. The van der Waals surface area contributed by atoms with E-state index < -0.39 is 0 Å². The van der Waals surface area contributed by atoms with Gasteiger partial charge in [-0.2, -0.15) is 0 Å². The van der Waals surface area contributed by atoms with Crippen LogP contribution in [0.25, 0.3) is 0 Å². The van der Waals surface area contributed by atoms with Gasteiger partial charge in [-0.25, -0.2) is 0 Å². The number of rotatable bonds is 1. The fourth-order valence-electron chi connectivity index (χ4n) is 0. The predicted molar refractivity (Wildman–Crippen MR) is 25.0 cm³/mol. The molecule has 0 aliphatic heterocycles. The fraction of sp³-hybridized carbons (Fsp3) is 0. The minimum atomic E-state index is 0.247. The molecule has 5 heavy (non-hydrogen) atoms. The van der Waals surface area contributed by atoms with Crippen LogP contribution < -0.4 is 0 Å². The minimum absolute atomic E-state index is 0.247. The number of halogens is 1. The zero-order valence-electron chi connectivity index (χ0n) is 2.33. The Morgan fingerprint density at radius 3 is 1.80 bits per heavy atom. The molecule has 0 spiro atoms. The molecule has 0 N–H and O–H groups in total. The summed E-state index contributed by atoms with van der Waals surface area (Å²) in [6, 6.07) is 0. The molecule has 0 aromatic carbocycles. The van der Waals surface area contributed by atoms with E-state index in [2.05, 4.69) is 20.8 Å². The van der Waals surface area contributed by atoms with Crippen molar-refractivity contribution < 1.29 is 0 Å². The van der Waals surface area contributed by atoms with Crippen LogP contribution in [0.5, 0.6) is 0 Å². The Balaban J connectivity index is 2.54. The lowest BCUT2D eigenvalue weighted by molar-refractivity contribution is 1.17. The molecule has 0 unspecified atom stereocenters. The zero-order chi connectivity index (χ0) is 4.28. The van der Waals surface area contributed by atoms with Gasteiger partial charge in [0.2, 0.25) is 0 Å². The van der Waals surface area contributed by atoms with Gasteiger partial charge >= 0.3 is 0 Å². The first-order valence-corrected chi connectivity index (χ1v) is 3.71. The first-order valence-electron chi connectivity index (χ1n) is 0.860. The van der Waals surface area contributed by atoms with E-state index in [-0.39, 0.29) is 8.99 Å². The molecule has 5 heteroatoms. The van der Waals surface area contributed by atoms with Crippen molar-refractivity contribution in [2.24, 2.45) is 0 Å². The molecule has 0 fully saturated rings. The second-order valence-corrected chi connectivity index (χ2v) is 3.78. The highest BCUT2D eigenvalue weighted by atomic mass is 35.6. The highest BCUT2D eigenvalue weighted by molar-refractivity contribution is 6.95. The smallest absolute Gasteiger partial charge is 0.258 e. The molecule has 0 heterocycles. The molecule has 1 nitrogen and oxygen atoms in total. The summed E-state index contributed by atoms with van der Waals surface area (Å²) < 4.78 is 1.53. The van der Waals surface area contributed by atoms with Crippen LogP contribution in [0, 0.1) is 0 Å². The van der Waals surface area contributed by atoms with Crippen LogP contribution in [0.2, 0.25) is 0 Å². The Labute approximate surface area is 45.3 Å². The highest BCUT2D eigenvalue weighted by Crippen LogP contribution is 1.66. The maximum atomic E-state index is 5.19. The standard InChI is InChI=1S/ClNSi3/c1-5-2(3)4. The summed E-state index contributed by atoms with van der Waals surface area (Å²) in [5.41, 5.74) is 0. The monoisotopic (exact) mass is 133 g/mol. The van der Waals surface area contributed by atoms with Gasteiger partial charge in [-0.05, 0) is 0 Å². The van der Waals surface area contributed by atoms with Crippen molar-refractivity contribution in [1.82, 2.24) is 3.90 Å². The van der Waals surface area contributed by atoms with Crippen molar-refractivity contribution in [1.29, 1.82) is 0 Å². The molecule has 0 aromatic heterocycles. The van der Waals surface area contributed by atoms with Crippen LogP contribution in [-0.4, -0.2) is 33.7 Å². The topological polar surface area (TPSA) is 3.24 Å². The molecule has 0 rings (SSSR count). The summed E-state index contributed by atoms with van der Waals surface area (Å²) in [5.74, 6) is 0. The molecule has 0 aliphatic rings. The first-order chi connectivity index (χ1) is 2.27. The van der Waals surface area contributed by atoms with E-state index in [4.69, 9.17) is 11.1 Å². The Morgan fingerprint density at radius 2 is 1.80 bits per heavy atom. The lowest BCUT2D eigenvalue weighted by Crippen LogP contribution is -2.15. The van der Waals surface area contributed by atoms with E-state index in [0.29, 0.717) is 0 Å². The third-order valence-electron chi connectivity index (χ3n) is 0.0845. The predicted octanol–water partition coefficient (Wildman–Crippen LogP) is -0.772. The van der Waals surface area contributed by atoms with Crippen molar-refractivity contribution in [3.8, 4) is 0 Å². The summed E-state index contributed by atoms with van der Waals surface area (Å²) in [6.45, 7) is 0. The van der Waals surface area contributed by atoms with E-state index in [1.807, 2.05) is 0 Å². The molecule has 0 aromatic rings. The fourth-order valence-corrected chi connectivity index (χ4v) is 0. The highest BCUT2D eigenvalue weighted by Gasteiger charge is 1.80. The van der Waals surface area contributed by atoms with E-state index in [1.54, 1.807) is 0 Å². The second-order valence-electron chi connectivity index (χ2n) is 0.420. The lowest BCUT2D eigenvalue weighted by Gasteiger charge is -1.94. The summed E-state index contributed by atoms with van der Waals surface area (Å²) >= 11 is 5.19. The average Bonchev–Trinajstić information content (AvgIpc) is 1.38. The zero-order valence-corrected chi connectivity index (χ0v) is 6.08. The van der Waals surface area contributed by atoms with E-state index in [0.717, 1.165) is 0 Å². The van der Waals surface area contributed by atoms with Crippen molar-refractivity contribution in [2.45, 2.75) is 0 Å². The van der Waals surface area contributed by atoms with E-state index >= 15 is 0 Å². The maximum absolute atomic E-state index is 5.19.